The van der Waals surface area contributed by atoms with Crippen molar-refractivity contribution in [2.45, 2.75) is 76.3 Å². The fourth-order valence-corrected chi connectivity index (χ4v) is 4.73. The zero-order valence-electron chi connectivity index (χ0n) is 11.9. The van der Waals surface area contributed by atoms with Gasteiger partial charge in [-0.05, 0) is 43.9 Å². The van der Waals surface area contributed by atoms with Crippen LogP contribution in [0.25, 0.3) is 0 Å². The second-order valence-electron chi connectivity index (χ2n) is 6.90. The number of hydrogen-bond donors (Lipinski definition) is 1. The van der Waals surface area contributed by atoms with Gasteiger partial charge in [0.25, 0.3) is 0 Å². The summed E-state index contributed by atoms with van der Waals surface area (Å²) in [4.78, 5) is 13.9. The van der Waals surface area contributed by atoms with Crippen LogP contribution in [-0.4, -0.2) is 34.6 Å². The highest BCUT2D eigenvalue weighted by Crippen LogP contribution is 2.41. The van der Waals surface area contributed by atoms with E-state index in [1.54, 1.807) is 0 Å². The minimum Gasteiger partial charge on any atom is -0.480 e. The summed E-state index contributed by atoms with van der Waals surface area (Å²) in [5.41, 5.74) is 0. The van der Waals surface area contributed by atoms with E-state index in [4.69, 9.17) is 0 Å². The van der Waals surface area contributed by atoms with E-state index < -0.39 is 5.97 Å². The number of fused-ring (bicyclic) bond motifs is 1. The topological polar surface area (TPSA) is 40.5 Å². The van der Waals surface area contributed by atoms with Gasteiger partial charge in [0.15, 0.2) is 0 Å². The van der Waals surface area contributed by atoms with E-state index >= 15 is 0 Å². The van der Waals surface area contributed by atoms with Gasteiger partial charge in [0.2, 0.25) is 0 Å². The average molecular weight is 265 g/mol. The molecule has 1 saturated heterocycles. The lowest BCUT2D eigenvalue weighted by molar-refractivity contribution is -0.143. The predicted octanol–water partition coefficient (Wildman–Crippen LogP) is 3.28. The summed E-state index contributed by atoms with van der Waals surface area (Å²) in [6.45, 7) is 1.05. The molecule has 108 valence electrons. The Bertz CT molecular complexity index is 325. The van der Waals surface area contributed by atoms with Gasteiger partial charge < -0.3 is 5.11 Å². The van der Waals surface area contributed by atoms with Crippen LogP contribution in [0.4, 0.5) is 0 Å². The van der Waals surface area contributed by atoms with Gasteiger partial charge in [-0.2, -0.15) is 0 Å². The lowest BCUT2D eigenvalue weighted by Crippen LogP contribution is -2.45. The van der Waals surface area contributed by atoms with Crippen LogP contribution in [0.1, 0.15) is 64.2 Å². The van der Waals surface area contributed by atoms with Crippen LogP contribution in [0.15, 0.2) is 0 Å². The third-order valence-corrected chi connectivity index (χ3v) is 5.70. The van der Waals surface area contributed by atoms with Crippen LogP contribution in [0.5, 0.6) is 0 Å². The minimum atomic E-state index is -0.579. The van der Waals surface area contributed by atoms with Gasteiger partial charge in [0, 0.05) is 12.6 Å². The van der Waals surface area contributed by atoms with Crippen molar-refractivity contribution in [2.75, 3.05) is 6.54 Å². The highest BCUT2D eigenvalue weighted by Gasteiger charge is 2.45. The van der Waals surface area contributed by atoms with Crippen LogP contribution >= 0.6 is 0 Å². The molecule has 0 bridgehead atoms. The lowest BCUT2D eigenvalue weighted by atomic mass is 9.84. The number of aliphatic carboxylic acids is 1. The molecular weight excluding hydrogens is 238 g/mol. The first kappa shape index (κ1) is 13.4. The molecule has 0 aromatic rings. The molecule has 0 unspecified atom stereocenters. The van der Waals surface area contributed by atoms with Gasteiger partial charge in [0.1, 0.15) is 6.04 Å². The first-order valence-electron chi connectivity index (χ1n) is 8.24. The number of likely N-dealkylation sites (tertiary alicyclic amines) is 1. The number of carbonyl (C=O) groups is 1. The third kappa shape index (κ3) is 2.81. The van der Waals surface area contributed by atoms with Crippen LogP contribution in [0.2, 0.25) is 0 Å². The highest BCUT2D eigenvalue weighted by atomic mass is 16.4. The Morgan fingerprint density at radius 1 is 1.00 bits per heavy atom. The van der Waals surface area contributed by atoms with Crippen LogP contribution in [0, 0.1) is 11.8 Å². The number of nitrogens with zero attached hydrogens (tertiary/aromatic N) is 1. The van der Waals surface area contributed by atoms with E-state index in [1.807, 2.05) is 0 Å². The molecule has 3 nitrogen and oxygen atoms in total. The van der Waals surface area contributed by atoms with Crippen LogP contribution in [0.3, 0.4) is 0 Å². The van der Waals surface area contributed by atoms with Gasteiger partial charge in [-0.3, -0.25) is 9.69 Å². The van der Waals surface area contributed by atoms with Gasteiger partial charge in [-0.25, -0.2) is 0 Å². The van der Waals surface area contributed by atoms with Crippen molar-refractivity contribution < 1.29 is 9.90 Å². The zero-order chi connectivity index (χ0) is 13.2. The molecule has 3 heteroatoms. The molecule has 0 aromatic heterocycles. The van der Waals surface area contributed by atoms with Crippen molar-refractivity contribution in [2.24, 2.45) is 11.8 Å². The van der Waals surface area contributed by atoms with Crippen molar-refractivity contribution in [3.8, 4) is 0 Å². The molecule has 2 aliphatic carbocycles. The van der Waals surface area contributed by atoms with Gasteiger partial charge >= 0.3 is 5.97 Å². The molecule has 1 aliphatic heterocycles. The Morgan fingerprint density at radius 2 is 1.68 bits per heavy atom. The molecule has 2 saturated carbocycles. The largest absolute Gasteiger partial charge is 0.480 e. The summed E-state index contributed by atoms with van der Waals surface area (Å²) in [7, 11) is 0. The van der Waals surface area contributed by atoms with Gasteiger partial charge in [-0.1, -0.05) is 32.1 Å². The van der Waals surface area contributed by atoms with Crippen LogP contribution in [-0.2, 0) is 4.79 Å². The van der Waals surface area contributed by atoms with E-state index in [-0.39, 0.29) is 6.04 Å². The van der Waals surface area contributed by atoms with Crippen molar-refractivity contribution in [1.82, 2.24) is 4.90 Å². The standard InChI is InChI=1S/C16H27NO2/c18-16(19)15-10-13-8-4-5-9-14(13)17(15)11-12-6-2-1-3-7-12/h12-15H,1-11H2,(H,18,19)/t13-,14+,15-/m0/s1. The molecule has 0 aromatic carbocycles. The second-order valence-corrected chi connectivity index (χ2v) is 6.90. The number of hydrogen-bond acceptors (Lipinski definition) is 2. The molecule has 3 aliphatic rings. The Hall–Kier alpha value is -0.570. The smallest absolute Gasteiger partial charge is 0.320 e. The van der Waals surface area contributed by atoms with Crippen molar-refractivity contribution in [3.63, 3.8) is 0 Å². The monoisotopic (exact) mass is 265 g/mol. The molecule has 3 atom stereocenters. The SMILES string of the molecule is O=C(O)[C@@H]1C[C@@H]2CCCC[C@H]2N1CC1CCCCC1. The number of carboxylic acids is 1. The Labute approximate surface area is 116 Å². The number of rotatable bonds is 3. The minimum absolute atomic E-state index is 0.185. The molecule has 0 spiro atoms. The van der Waals surface area contributed by atoms with Crippen molar-refractivity contribution in [3.05, 3.63) is 0 Å². The Kier molecular flexibility index (Phi) is 4.11. The maximum absolute atomic E-state index is 11.6. The fraction of sp³-hybridized carbons (Fsp3) is 0.938. The number of carboxylic acid groups (broad SMARTS) is 1. The Balaban J connectivity index is 1.69. The van der Waals surface area contributed by atoms with Gasteiger partial charge in [0.05, 0.1) is 0 Å². The first-order chi connectivity index (χ1) is 9.25. The van der Waals surface area contributed by atoms with Crippen molar-refractivity contribution in [1.29, 1.82) is 0 Å². The molecule has 1 heterocycles. The van der Waals surface area contributed by atoms with E-state index in [1.165, 1.54) is 57.8 Å². The molecule has 3 fully saturated rings. The van der Waals surface area contributed by atoms with E-state index in [2.05, 4.69) is 4.90 Å². The van der Waals surface area contributed by atoms with Crippen LogP contribution < -0.4 is 0 Å². The van der Waals surface area contributed by atoms with E-state index in [0.717, 1.165) is 18.9 Å². The van der Waals surface area contributed by atoms with Gasteiger partial charge in [-0.15, -0.1) is 0 Å². The second kappa shape index (κ2) is 5.82. The molecule has 19 heavy (non-hydrogen) atoms. The molecule has 1 N–H and O–H groups in total. The fourth-order valence-electron chi connectivity index (χ4n) is 4.73. The van der Waals surface area contributed by atoms with Crippen molar-refractivity contribution >= 4 is 5.97 Å². The average Bonchev–Trinajstić information content (AvgIpc) is 2.79. The third-order valence-electron chi connectivity index (χ3n) is 5.70. The maximum Gasteiger partial charge on any atom is 0.320 e. The molecule has 0 radical (unpaired) electrons. The highest BCUT2D eigenvalue weighted by molar-refractivity contribution is 5.74. The maximum atomic E-state index is 11.6. The normalized spacial score (nSPS) is 37.2. The summed E-state index contributed by atoms with van der Waals surface area (Å²) in [5, 5.41) is 9.52. The quantitative estimate of drug-likeness (QED) is 0.851. The lowest BCUT2D eigenvalue weighted by Gasteiger charge is -2.36. The summed E-state index contributed by atoms with van der Waals surface area (Å²) in [5.74, 6) is 0.847. The summed E-state index contributed by atoms with van der Waals surface area (Å²) >= 11 is 0. The molecule has 3 rings (SSSR count). The summed E-state index contributed by atoms with van der Waals surface area (Å²) < 4.78 is 0. The van der Waals surface area contributed by atoms with E-state index in [9.17, 15) is 9.90 Å². The Morgan fingerprint density at radius 3 is 2.42 bits per heavy atom. The zero-order valence-corrected chi connectivity index (χ0v) is 11.9. The first-order valence-corrected chi connectivity index (χ1v) is 8.24. The molecule has 0 amide bonds. The molecular formula is C16H27NO2. The summed E-state index contributed by atoms with van der Waals surface area (Å²) in [6, 6.07) is 0.395. The van der Waals surface area contributed by atoms with E-state index in [0.29, 0.717) is 12.0 Å². The predicted molar refractivity (Wildman–Crippen MR) is 75.1 cm³/mol. The summed E-state index contributed by atoms with van der Waals surface area (Å²) in [6.07, 6.45) is 12.7.